The summed E-state index contributed by atoms with van der Waals surface area (Å²) in [4.78, 5) is 36.2. The van der Waals surface area contributed by atoms with Crippen LogP contribution in [0, 0.1) is 11.8 Å². The van der Waals surface area contributed by atoms with Crippen LogP contribution in [0.25, 0.3) is 0 Å². The van der Waals surface area contributed by atoms with Crippen LogP contribution in [0.2, 0.25) is 0 Å². The number of Topliss-reactive ketones (excluding diaryl/α,β-unsaturated/α-hetero) is 1. The smallest absolute Gasteiger partial charge is 0.316 e. The van der Waals surface area contributed by atoms with Crippen LogP contribution in [0.5, 0.6) is 0 Å². The number of benzene rings is 1. The van der Waals surface area contributed by atoms with Gasteiger partial charge in [-0.3, -0.25) is 14.4 Å². The van der Waals surface area contributed by atoms with E-state index >= 15 is 0 Å². The average molecular weight is 350 g/mol. The lowest BCUT2D eigenvalue weighted by molar-refractivity contribution is -0.161. The zero-order valence-corrected chi connectivity index (χ0v) is 15.8. The predicted octanol–water partition coefficient (Wildman–Crippen LogP) is 3.67. The van der Waals surface area contributed by atoms with E-state index in [-0.39, 0.29) is 10.9 Å². The zero-order valence-electron chi connectivity index (χ0n) is 15.0. The molecule has 1 rings (SSSR count). The fourth-order valence-electron chi connectivity index (χ4n) is 2.22. The van der Waals surface area contributed by atoms with Crippen molar-refractivity contribution in [3.05, 3.63) is 35.9 Å². The topological polar surface area (TPSA) is 60.4 Å². The van der Waals surface area contributed by atoms with Crippen molar-refractivity contribution in [2.24, 2.45) is 11.8 Å². The van der Waals surface area contributed by atoms with Gasteiger partial charge in [-0.15, -0.1) is 0 Å². The van der Waals surface area contributed by atoms with Crippen LogP contribution in [0.15, 0.2) is 30.3 Å². The van der Waals surface area contributed by atoms with E-state index in [4.69, 9.17) is 4.74 Å². The van der Waals surface area contributed by atoms with E-state index in [9.17, 15) is 14.4 Å². The van der Waals surface area contributed by atoms with Gasteiger partial charge in [0, 0.05) is 18.6 Å². The molecule has 0 aromatic heterocycles. The van der Waals surface area contributed by atoms with E-state index in [2.05, 4.69) is 0 Å². The summed E-state index contributed by atoms with van der Waals surface area (Å²) in [5.41, 5.74) is 0.380. The number of thioether (sulfide) groups is 1. The quantitative estimate of drug-likeness (QED) is 0.555. The maximum absolute atomic E-state index is 12.8. The third kappa shape index (κ3) is 7.30. The minimum absolute atomic E-state index is 0.0363. The molecule has 0 saturated heterocycles. The Morgan fingerprint density at radius 1 is 1.12 bits per heavy atom. The Bertz CT molecular complexity index is 575. The second-order valence-electron chi connectivity index (χ2n) is 6.85. The molecule has 0 unspecified atom stereocenters. The van der Waals surface area contributed by atoms with Crippen LogP contribution < -0.4 is 0 Å². The molecule has 4 nitrogen and oxygen atoms in total. The summed E-state index contributed by atoms with van der Waals surface area (Å²) >= 11 is 1.12. The summed E-state index contributed by atoms with van der Waals surface area (Å²) in [6.45, 7) is 8.37. The molecule has 1 aromatic rings. The molecule has 0 aliphatic carbocycles. The molecule has 5 heteroatoms. The SMILES string of the molecule is CC(=O)SC[C@@H](Cc1ccccc1)C(=O)[C@H](C)C(=O)OC(C)(C)C. The van der Waals surface area contributed by atoms with Crippen molar-refractivity contribution in [1.82, 2.24) is 0 Å². The Labute approximate surface area is 148 Å². The number of esters is 1. The summed E-state index contributed by atoms with van der Waals surface area (Å²) in [7, 11) is 0. The van der Waals surface area contributed by atoms with Crippen LogP contribution in [-0.4, -0.2) is 28.2 Å². The van der Waals surface area contributed by atoms with Crippen molar-refractivity contribution in [1.29, 1.82) is 0 Å². The standard InChI is InChI=1S/C19H26O4S/c1-13(18(22)23-19(3,4)5)17(21)16(12-24-14(2)20)11-15-9-7-6-8-10-15/h6-10,13,16H,11-12H2,1-5H3/t13-,16+/m0/s1. The van der Waals surface area contributed by atoms with Crippen LogP contribution >= 0.6 is 11.8 Å². The Morgan fingerprint density at radius 3 is 2.21 bits per heavy atom. The van der Waals surface area contributed by atoms with E-state index in [0.717, 1.165) is 17.3 Å². The van der Waals surface area contributed by atoms with Crippen LogP contribution in [0.3, 0.4) is 0 Å². The van der Waals surface area contributed by atoms with Crippen LogP contribution in [0.1, 0.15) is 40.2 Å². The first-order valence-corrected chi connectivity index (χ1v) is 9.02. The molecule has 1 aromatic carbocycles. The lowest BCUT2D eigenvalue weighted by Gasteiger charge is -2.24. The van der Waals surface area contributed by atoms with Crippen LogP contribution in [0.4, 0.5) is 0 Å². The van der Waals surface area contributed by atoms with E-state index < -0.39 is 23.4 Å². The highest BCUT2D eigenvalue weighted by Crippen LogP contribution is 2.21. The van der Waals surface area contributed by atoms with Gasteiger partial charge in [0.25, 0.3) is 0 Å². The normalized spacial score (nSPS) is 13.9. The van der Waals surface area contributed by atoms with Crippen molar-refractivity contribution < 1.29 is 19.1 Å². The molecule has 0 saturated carbocycles. The highest BCUT2D eigenvalue weighted by atomic mass is 32.2. The largest absolute Gasteiger partial charge is 0.459 e. The van der Waals surface area contributed by atoms with Gasteiger partial charge in [0.05, 0.1) is 0 Å². The van der Waals surface area contributed by atoms with Crippen molar-refractivity contribution in [2.75, 3.05) is 5.75 Å². The number of ketones is 1. The number of ether oxygens (including phenoxy) is 1. The zero-order chi connectivity index (χ0) is 18.3. The number of carbonyl (C=O) groups excluding carboxylic acids is 3. The number of rotatable bonds is 7. The van der Waals surface area contributed by atoms with Gasteiger partial charge in [-0.1, -0.05) is 42.1 Å². The maximum atomic E-state index is 12.8. The van der Waals surface area contributed by atoms with Crippen LogP contribution in [-0.2, 0) is 25.5 Å². The third-order valence-corrected chi connectivity index (χ3v) is 4.38. The minimum Gasteiger partial charge on any atom is -0.459 e. The summed E-state index contributed by atoms with van der Waals surface area (Å²) in [6.07, 6.45) is 0.507. The Hall–Kier alpha value is -1.62. The molecule has 0 aliphatic heterocycles. The van der Waals surface area contributed by atoms with E-state index in [1.165, 1.54) is 6.92 Å². The fraction of sp³-hybridized carbons (Fsp3) is 0.526. The lowest BCUT2D eigenvalue weighted by Crippen LogP contribution is -2.35. The molecule has 0 bridgehead atoms. The summed E-state index contributed by atoms with van der Waals surface area (Å²) in [5.74, 6) is -1.56. The van der Waals surface area contributed by atoms with Crippen molar-refractivity contribution in [3.63, 3.8) is 0 Å². The van der Waals surface area contributed by atoms with Crippen molar-refractivity contribution in [2.45, 2.75) is 46.6 Å². The highest BCUT2D eigenvalue weighted by Gasteiger charge is 2.32. The lowest BCUT2D eigenvalue weighted by atomic mass is 9.90. The number of hydrogen-bond acceptors (Lipinski definition) is 5. The first-order valence-electron chi connectivity index (χ1n) is 8.04. The predicted molar refractivity (Wildman–Crippen MR) is 96.8 cm³/mol. The Balaban J connectivity index is 2.85. The number of hydrogen-bond donors (Lipinski definition) is 0. The first kappa shape index (κ1) is 20.4. The van der Waals surface area contributed by atoms with Gasteiger partial charge in [0.2, 0.25) is 0 Å². The molecule has 2 atom stereocenters. The molecule has 0 fully saturated rings. The first-order chi connectivity index (χ1) is 11.1. The van der Waals surface area contributed by atoms with Crippen molar-refractivity contribution in [3.8, 4) is 0 Å². The molecule has 0 radical (unpaired) electrons. The molecule has 132 valence electrons. The molecular weight excluding hydrogens is 324 g/mol. The fourth-order valence-corrected chi connectivity index (χ4v) is 2.94. The van der Waals surface area contributed by atoms with Gasteiger partial charge >= 0.3 is 5.97 Å². The monoisotopic (exact) mass is 350 g/mol. The Morgan fingerprint density at radius 2 is 1.71 bits per heavy atom. The van der Waals surface area contributed by atoms with Crippen molar-refractivity contribution >= 4 is 28.6 Å². The van der Waals surface area contributed by atoms with E-state index in [1.54, 1.807) is 27.7 Å². The van der Waals surface area contributed by atoms with Gasteiger partial charge in [0.15, 0.2) is 10.9 Å². The molecule has 0 spiro atoms. The highest BCUT2D eigenvalue weighted by molar-refractivity contribution is 8.13. The summed E-state index contributed by atoms with van der Waals surface area (Å²) in [6, 6.07) is 9.61. The molecule has 24 heavy (non-hydrogen) atoms. The summed E-state index contributed by atoms with van der Waals surface area (Å²) < 4.78 is 5.31. The number of carbonyl (C=O) groups is 3. The molecular formula is C19H26O4S. The van der Waals surface area contributed by atoms with Gasteiger partial charge in [-0.25, -0.2) is 0 Å². The van der Waals surface area contributed by atoms with Gasteiger partial charge < -0.3 is 4.74 Å². The minimum atomic E-state index is -0.842. The maximum Gasteiger partial charge on any atom is 0.316 e. The molecule has 0 aliphatic rings. The molecule has 0 amide bonds. The molecule has 0 N–H and O–H groups in total. The summed E-state index contributed by atoms with van der Waals surface area (Å²) in [5, 5.41) is -0.0363. The van der Waals surface area contributed by atoms with E-state index in [1.807, 2.05) is 30.3 Å². The average Bonchev–Trinajstić information content (AvgIpc) is 2.49. The second kappa shape index (κ2) is 9.02. The van der Waals surface area contributed by atoms with E-state index in [0.29, 0.717) is 12.2 Å². The van der Waals surface area contributed by atoms with Gasteiger partial charge in [-0.05, 0) is 39.7 Å². The Kier molecular flexibility index (Phi) is 7.67. The third-order valence-electron chi connectivity index (χ3n) is 3.40. The molecule has 0 heterocycles. The van der Waals surface area contributed by atoms with Gasteiger partial charge in [-0.2, -0.15) is 0 Å². The van der Waals surface area contributed by atoms with Gasteiger partial charge in [0.1, 0.15) is 11.5 Å². The second-order valence-corrected chi connectivity index (χ2v) is 8.04.